The van der Waals surface area contributed by atoms with Gasteiger partial charge in [-0.2, -0.15) is 13.2 Å². The fourth-order valence-electron chi connectivity index (χ4n) is 2.58. The highest BCUT2D eigenvalue weighted by atomic mass is 19.4. The summed E-state index contributed by atoms with van der Waals surface area (Å²) in [5.74, 6) is -0.378. The summed E-state index contributed by atoms with van der Waals surface area (Å²) in [6, 6.07) is 3.71. The second kappa shape index (κ2) is 6.64. The Morgan fingerprint density at radius 2 is 2.00 bits per heavy atom. The lowest BCUT2D eigenvalue weighted by atomic mass is 9.95. The predicted octanol–water partition coefficient (Wildman–Crippen LogP) is 4.22. The summed E-state index contributed by atoms with van der Waals surface area (Å²) in [7, 11) is 0. The van der Waals surface area contributed by atoms with Gasteiger partial charge in [0, 0.05) is 5.56 Å². The van der Waals surface area contributed by atoms with Crippen molar-refractivity contribution in [3.8, 4) is 5.75 Å². The van der Waals surface area contributed by atoms with E-state index in [4.69, 9.17) is 9.47 Å². The van der Waals surface area contributed by atoms with Crippen LogP contribution in [-0.2, 0) is 16.0 Å². The van der Waals surface area contributed by atoms with Gasteiger partial charge in [0.25, 0.3) is 0 Å². The van der Waals surface area contributed by atoms with Gasteiger partial charge in [0.2, 0.25) is 0 Å². The second-order valence-electron chi connectivity index (χ2n) is 5.43. The first kappa shape index (κ1) is 17.4. The van der Waals surface area contributed by atoms with Gasteiger partial charge in [-0.3, -0.25) is 0 Å². The molecule has 3 nitrogen and oxygen atoms in total. The van der Waals surface area contributed by atoms with E-state index in [0.29, 0.717) is 11.3 Å². The number of benzene rings is 1. The van der Waals surface area contributed by atoms with Crippen LogP contribution in [0.25, 0.3) is 6.08 Å². The molecule has 1 atom stereocenters. The van der Waals surface area contributed by atoms with Crippen LogP contribution >= 0.6 is 0 Å². The summed E-state index contributed by atoms with van der Waals surface area (Å²) in [6.45, 7) is 5.46. The molecule has 1 aliphatic rings. The van der Waals surface area contributed by atoms with Gasteiger partial charge >= 0.3 is 12.1 Å². The Morgan fingerprint density at radius 3 is 2.57 bits per heavy atom. The van der Waals surface area contributed by atoms with Gasteiger partial charge in [-0.25, -0.2) is 4.79 Å². The average Bonchev–Trinajstić information content (AvgIpc) is 2.45. The van der Waals surface area contributed by atoms with Crippen molar-refractivity contribution >= 4 is 12.0 Å². The van der Waals surface area contributed by atoms with Crippen LogP contribution in [0.4, 0.5) is 13.2 Å². The quantitative estimate of drug-likeness (QED) is 0.777. The molecular formula is C17H19F3O3. The topological polar surface area (TPSA) is 35.5 Å². The van der Waals surface area contributed by atoms with Crippen molar-refractivity contribution in [2.45, 2.75) is 45.9 Å². The predicted molar refractivity (Wildman–Crippen MR) is 80.3 cm³/mol. The molecule has 0 aromatic heterocycles. The minimum atomic E-state index is -4.44. The minimum absolute atomic E-state index is 0.0931. The Morgan fingerprint density at radius 1 is 1.30 bits per heavy atom. The molecule has 0 saturated heterocycles. The van der Waals surface area contributed by atoms with Gasteiger partial charge in [-0.15, -0.1) is 0 Å². The Kier molecular flexibility index (Phi) is 5.02. The molecule has 2 rings (SSSR count). The van der Waals surface area contributed by atoms with E-state index >= 15 is 0 Å². The van der Waals surface area contributed by atoms with Gasteiger partial charge < -0.3 is 9.47 Å². The van der Waals surface area contributed by atoms with Gasteiger partial charge in [-0.05, 0) is 43.5 Å². The third kappa shape index (κ3) is 4.06. The lowest BCUT2D eigenvalue weighted by Crippen LogP contribution is -2.33. The molecule has 0 bridgehead atoms. The van der Waals surface area contributed by atoms with E-state index in [1.807, 2.05) is 19.1 Å². The molecule has 126 valence electrons. The van der Waals surface area contributed by atoms with E-state index in [0.717, 1.165) is 17.5 Å². The van der Waals surface area contributed by atoms with Crippen molar-refractivity contribution in [3.63, 3.8) is 0 Å². The Bertz CT molecular complexity index is 633. The zero-order valence-corrected chi connectivity index (χ0v) is 13.3. The number of fused-ring (bicyclic) bond motifs is 1. The van der Waals surface area contributed by atoms with Crippen molar-refractivity contribution in [2.24, 2.45) is 0 Å². The van der Waals surface area contributed by atoms with Crippen LogP contribution in [0.15, 0.2) is 17.7 Å². The standard InChI is InChI=1S/C17H19F3O3/c1-4-11-6-10(3)15-12(7-11)8-13(16(21)22-5-2)14(23-15)9-17(18,19)20/h6-8,14H,4-5,9H2,1-3H3. The highest BCUT2D eigenvalue weighted by molar-refractivity contribution is 5.96. The number of aryl methyl sites for hydroxylation is 2. The fraction of sp³-hybridized carbons (Fsp3) is 0.471. The zero-order chi connectivity index (χ0) is 17.2. The summed E-state index contributed by atoms with van der Waals surface area (Å²) in [5, 5.41) is 0. The molecular weight excluding hydrogens is 309 g/mol. The lowest BCUT2D eigenvalue weighted by molar-refractivity contribution is -0.151. The van der Waals surface area contributed by atoms with Crippen molar-refractivity contribution in [3.05, 3.63) is 34.4 Å². The summed E-state index contributed by atoms with van der Waals surface area (Å²) >= 11 is 0. The van der Waals surface area contributed by atoms with Crippen LogP contribution in [0.2, 0.25) is 0 Å². The van der Waals surface area contributed by atoms with E-state index < -0.39 is 24.7 Å². The monoisotopic (exact) mass is 328 g/mol. The van der Waals surface area contributed by atoms with Crippen LogP contribution in [0.1, 0.15) is 37.0 Å². The van der Waals surface area contributed by atoms with Crippen molar-refractivity contribution < 1.29 is 27.4 Å². The van der Waals surface area contributed by atoms with E-state index in [1.54, 1.807) is 13.8 Å². The molecule has 23 heavy (non-hydrogen) atoms. The molecule has 1 heterocycles. The highest BCUT2D eigenvalue weighted by Crippen LogP contribution is 2.38. The summed E-state index contributed by atoms with van der Waals surface area (Å²) < 4.78 is 48.8. The first-order valence-corrected chi connectivity index (χ1v) is 7.50. The lowest BCUT2D eigenvalue weighted by Gasteiger charge is -2.28. The molecule has 0 N–H and O–H groups in total. The number of carbonyl (C=O) groups is 1. The third-order valence-corrected chi connectivity index (χ3v) is 3.62. The maximum absolute atomic E-state index is 12.8. The Balaban J connectivity index is 2.47. The van der Waals surface area contributed by atoms with E-state index in [1.165, 1.54) is 6.08 Å². The number of hydrogen-bond donors (Lipinski definition) is 0. The molecule has 0 spiro atoms. The molecule has 1 unspecified atom stereocenters. The summed E-state index contributed by atoms with van der Waals surface area (Å²) in [6.07, 6.45) is -4.81. The number of rotatable bonds is 4. The summed E-state index contributed by atoms with van der Waals surface area (Å²) in [5.41, 5.74) is 2.30. The molecule has 1 aromatic rings. The van der Waals surface area contributed by atoms with Crippen LogP contribution in [0.5, 0.6) is 5.75 Å². The van der Waals surface area contributed by atoms with Crippen molar-refractivity contribution in [1.82, 2.24) is 0 Å². The molecule has 0 aliphatic carbocycles. The fourth-order valence-corrected chi connectivity index (χ4v) is 2.58. The first-order valence-electron chi connectivity index (χ1n) is 7.50. The molecule has 1 aliphatic heterocycles. The van der Waals surface area contributed by atoms with Crippen molar-refractivity contribution in [1.29, 1.82) is 0 Å². The molecule has 0 fully saturated rings. The summed E-state index contributed by atoms with van der Waals surface area (Å²) in [4.78, 5) is 12.0. The van der Waals surface area contributed by atoms with E-state index in [2.05, 4.69) is 0 Å². The largest absolute Gasteiger partial charge is 0.484 e. The molecule has 0 amide bonds. The number of carbonyl (C=O) groups excluding carboxylic acids is 1. The smallest absolute Gasteiger partial charge is 0.392 e. The number of esters is 1. The van der Waals surface area contributed by atoms with E-state index in [9.17, 15) is 18.0 Å². The number of ether oxygens (including phenoxy) is 2. The van der Waals surface area contributed by atoms with Gasteiger partial charge in [0.1, 0.15) is 11.9 Å². The molecule has 6 heteroatoms. The SMILES string of the molecule is CCOC(=O)C1=Cc2cc(CC)cc(C)c2OC1CC(F)(F)F. The van der Waals surface area contributed by atoms with Gasteiger partial charge in [0.15, 0.2) is 0 Å². The minimum Gasteiger partial charge on any atom is -0.484 e. The number of alkyl halides is 3. The van der Waals surface area contributed by atoms with Crippen LogP contribution in [0.3, 0.4) is 0 Å². The maximum atomic E-state index is 12.8. The third-order valence-electron chi connectivity index (χ3n) is 3.62. The van der Waals surface area contributed by atoms with Gasteiger partial charge in [-0.1, -0.05) is 13.0 Å². The number of hydrogen-bond acceptors (Lipinski definition) is 3. The average molecular weight is 328 g/mol. The number of halogens is 3. The van der Waals surface area contributed by atoms with Crippen LogP contribution in [0, 0.1) is 6.92 Å². The Labute approximate surface area is 133 Å². The van der Waals surface area contributed by atoms with Crippen LogP contribution in [-0.4, -0.2) is 24.9 Å². The molecule has 0 radical (unpaired) electrons. The first-order chi connectivity index (χ1) is 10.7. The van der Waals surface area contributed by atoms with Gasteiger partial charge in [0.05, 0.1) is 18.6 Å². The Hall–Kier alpha value is -1.98. The maximum Gasteiger partial charge on any atom is 0.392 e. The zero-order valence-electron chi connectivity index (χ0n) is 13.3. The van der Waals surface area contributed by atoms with E-state index in [-0.39, 0.29) is 12.2 Å². The normalized spacial score (nSPS) is 17.1. The van der Waals surface area contributed by atoms with Crippen molar-refractivity contribution in [2.75, 3.05) is 6.61 Å². The second-order valence-corrected chi connectivity index (χ2v) is 5.43. The highest BCUT2D eigenvalue weighted by Gasteiger charge is 2.39. The molecule has 1 aromatic carbocycles. The van der Waals surface area contributed by atoms with Crippen LogP contribution < -0.4 is 4.74 Å². The molecule has 0 saturated carbocycles.